The first-order chi connectivity index (χ1) is 15.9. The summed E-state index contributed by atoms with van der Waals surface area (Å²) in [6, 6.07) is 21.9. The molecule has 1 amide bonds. The van der Waals surface area contributed by atoms with Gasteiger partial charge in [-0.2, -0.15) is 0 Å². The highest BCUT2D eigenvalue weighted by Crippen LogP contribution is 2.38. The summed E-state index contributed by atoms with van der Waals surface area (Å²) < 4.78 is 7.02. The third kappa shape index (κ3) is 5.93. The van der Waals surface area contributed by atoms with Crippen LogP contribution in [0.15, 0.2) is 91.6 Å². The van der Waals surface area contributed by atoms with Crippen LogP contribution in [-0.4, -0.2) is 28.8 Å². The number of carboxylic acid groups (broad SMARTS) is 1. The summed E-state index contributed by atoms with van der Waals surface area (Å²) in [4.78, 5) is 30.8. The predicted molar refractivity (Wildman–Crippen MR) is 138 cm³/mol. The fourth-order valence-electron chi connectivity index (χ4n) is 2.95. The molecule has 0 aromatic heterocycles. The molecule has 0 saturated carbocycles. The van der Waals surface area contributed by atoms with Gasteiger partial charge in [0.25, 0.3) is 5.91 Å². The fourth-order valence-corrected chi connectivity index (χ4v) is 4.48. The summed E-state index contributed by atoms with van der Waals surface area (Å²) in [7, 11) is 0. The molecule has 33 heavy (non-hydrogen) atoms. The average molecular weight is 588 g/mol. The Balaban J connectivity index is 1.65. The van der Waals surface area contributed by atoms with E-state index in [2.05, 4.69) is 31.9 Å². The second kappa shape index (κ2) is 10.4. The van der Waals surface area contributed by atoms with Crippen molar-refractivity contribution in [2.75, 3.05) is 11.5 Å². The second-order valence-corrected chi connectivity index (χ2v) is 9.69. The van der Waals surface area contributed by atoms with E-state index >= 15 is 0 Å². The van der Waals surface area contributed by atoms with Gasteiger partial charge in [0.2, 0.25) is 0 Å². The number of hydrogen-bond donors (Lipinski definition) is 1. The van der Waals surface area contributed by atoms with E-state index in [0.717, 1.165) is 20.2 Å². The first-order valence-electron chi connectivity index (χ1n) is 9.67. The molecule has 0 atom stereocenters. The number of nitrogens with zero attached hydrogens (tertiary/aromatic N) is 2. The predicted octanol–water partition coefficient (Wildman–Crippen LogP) is 6.48. The Kier molecular flexibility index (Phi) is 7.32. The molecule has 0 spiro atoms. The Morgan fingerprint density at radius 3 is 2.18 bits per heavy atom. The fraction of sp³-hybridized carbons (Fsp3) is 0.0417. The number of hydrogen-bond acceptors (Lipinski definition) is 5. The Labute approximate surface area is 211 Å². The molecule has 1 aliphatic rings. The van der Waals surface area contributed by atoms with E-state index in [1.807, 2.05) is 48.5 Å². The summed E-state index contributed by atoms with van der Waals surface area (Å²) in [5, 5.41) is 9.28. The average Bonchev–Trinajstić information content (AvgIpc) is 3.10. The molecule has 1 aliphatic heterocycles. The zero-order valence-electron chi connectivity index (χ0n) is 16.9. The summed E-state index contributed by atoms with van der Waals surface area (Å²) in [6.07, 6.45) is 1.78. The Morgan fingerprint density at radius 2 is 1.58 bits per heavy atom. The standard InChI is InChI=1S/C24H16Br2N2O4S/c25-16-3-7-18(8-4-16)27-24-28(19-9-5-17(26)6-10-19)23(31)21(33-24)13-15-1-11-20(12-2-15)32-14-22(29)30/h1-13H,14H2,(H,29,30)/b21-13-,27-24?. The molecule has 166 valence electrons. The molecule has 0 unspecified atom stereocenters. The van der Waals surface area contributed by atoms with E-state index in [1.54, 1.807) is 35.2 Å². The lowest BCUT2D eigenvalue weighted by Gasteiger charge is -2.15. The molecule has 1 saturated heterocycles. The molecular formula is C24H16Br2N2O4S. The van der Waals surface area contributed by atoms with Gasteiger partial charge in [-0.05, 0) is 84.1 Å². The smallest absolute Gasteiger partial charge is 0.341 e. The van der Waals surface area contributed by atoms with Crippen molar-refractivity contribution in [2.24, 2.45) is 4.99 Å². The number of benzene rings is 3. The van der Waals surface area contributed by atoms with Gasteiger partial charge >= 0.3 is 5.97 Å². The van der Waals surface area contributed by atoms with Crippen molar-refractivity contribution in [3.8, 4) is 5.75 Å². The van der Waals surface area contributed by atoms with E-state index in [9.17, 15) is 9.59 Å². The number of anilines is 1. The number of amides is 1. The van der Waals surface area contributed by atoms with E-state index in [4.69, 9.17) is 14.8 Å². The maximum Gasteiger partial charge on any atom is 0.341 e. The van der Waals surface area contributed by atoms with Gasteiger partial charge in [-0.1, -0.05) is 44.0 Å². The number of aliphatic imine (C=N–C) groups is 1. The lowest BCUT2D eigenvalue weighted by atomic mass is 10.2. The van der Waals surface area contributed by atoms with Crippen molar-refractivity contribution in [2.45, 2.75) is 0 Å². The highest BCUT2D eigenvalue weighted by atomic mass is 79.9. The molecular weight excluding hydrogens is 572 g/mol. The monoisotopic (exact) mass is 586 g/mol. The van der Waals surface area contributed by atoms with Gasteiger partial charge in [-0.15, -0.1) is 0 Å². The van der Waals surface area contributed by atoms with Gasteiger partial charge in [0.1, 0.15) is 5.75 Å². The molecule has 3 aromatic carbocycles. The molecule has 4 rings (SSSR count). The molecule has 3 aromatic rings. The Bertz CT molecular complexity index is 1240. The van der Waals surface area contributed by atoms with Crippen LogP contribution in [0.1, 0.15) is 5.56 Å². The van der Waals surface area contributed by atoms with Crippen LogP contribution in [0.2, 0.25) is 0 Å². The SMILES string of the molecule is O=C(O)COc1ccc(/C=C2\SC(=Nc3ccc(Br)cc3)N(c3ccc(Br)cc3)C2=O)cc1. The third-order valence-electron chi connectivity index (χ3n) is 4.48. The molecule has 0 aliphatic carbocycles. The number of aliphatic carboxylic acids is 1. The molecule has 1 N–H and O–H groups in total. The number of carboxylic acids is 1. The van der Waals surface area contributed by atoms with Crippen molar-refractivity contribution in [3.63, 3.8) is 0 Å². The third-order valence-corrected chi connectivity index (χ3v) is 6.51. The summed E-state index contributed by atoms with van der Waals surface area (Å²) in [5.41, 5.74) is 2.23. The van der Waals surface area contributed by atoms with Crippen LogP contribution >= 0.6 is 43.6 Å². The number of amidine groups is 1. The zero-order valence-corrected chi connectivity index (χ0v) is 20.9. The van der Waals surface area contributed by atoms with E-state index in [-0.39, 0.29) is 5.91 Å². The van der Waals surface area contributed by atoms with Crippen molar-refractivity contribution in [3.05, 3.63) is 92.2 Å². The summed E-state index contributed by atoms with van der Waals surface area (Å²) in [5.74, 6) is -0.775. The maximum atomic E-state index is 13.3. The maximum absolute atomic E-state index is 13.3. The first kappa shape index (κ1) is 23.3. The number of rotatable bonds is 6. The number of ether oxygens (including phenoxy) is 1. The summed E-state index contributed by atoms with van der Waals surface area (Å²) >= 11 is 8.14. The molecule has 1 heterocycles. The Morgan fingerprint density at radius 1 is 0.970 bits per heavy atom. The van der Waals surface area contributed by atoms with Crippen LogP contribution < -0.4 is 9.64 Å². The van der Waals surface area contributed by atoms with Gasteiger partial charge in [0.05, 0.1) is 16.3 Å². The minimum Gasteiger partial charge on any atom is -0.482 e. The van der Waals surface area contributed by atoms with Gasteiger partial charge in [0, 0.05) is 8.95 Å². The largest absolute Gasteiger partial charge is 0.482 e. The van der Waals surface area contributed by atoms with Gasteiger partial charge in [-0.25, -0.2) is 9.79 Å². The number of carbonyl (C=O) groups is 2. The van der Waals surface area contributed by atoms with Crippen LogP contribution in [0.3, 0.4) is 0 Å². The normalized spacial score (nSPS) is 15.9. The van der Waals surface area contributed by atoms with Gasteiger partial charge in [0.15, 0.2) is 11.8 Å². The quantitative estimate of drug-likeness (QED) is 0.334. The van der Waals surface area contributed by atoms with Crippen molar-refractivity contribution >= 4 is 78.1 Å². The number of carbonyl (C=O) groups excluding carboxylic acids is 1. The lowest BCUT2D eigenvalue weighted by Crippen LogP contribution is -2.28. The highest BCUT2D eigenvalue weighted by molar-refractivity contribution is 9.10. The second-order valence-electron chi connectivity index (χ2n) is 6.85. The topological polar surface area (TPSA) is 79.2 Å². The summed E-state index contributed by atoms with van der Waals surface area (Å²) in [6.45, 7) is -0.410. The highest BCUT2D eigenvalue weighted by Gasteiger charge is 2.34. The van der Waals surface area contributed by atoms with E-state index in [0.29, 0.717) is 21.5 Å². The molecule has 1 fully saturated rings. The van der Waals surface area contributed by atoms with Gasteiger partial charge < -0.3 is 9.84 Å². The molecule has 0 radical (unpaired) electrons. The number of thioether (sulfide) groups is 1. The Hall–Kier alpha value is -2.88. The van der Waals surface area contributed by atoms with Crippen molar-refractivity contribution in [1.29, 1.82) is 0 Å². The van der Waals surface area contributed by atoms with E-state index < -0.39 is 12.6 Å². The zero-order chi connectivity index (χ0) is 23.4. The van der Waals surface area contributed by atoms with Crippen molar-refractivity contribution < 1.29 is 19.4 Å². The van der Waals surface area contributed by atoms with Crippen LogP contribution in [0.25, 0.3) is 6.08 Å². The van der Waals surface area contributed by atoms with Crippen LogP contribution in [0.4, 0.5) is 11.4 Å². The molecule has 0 bridgehead atoms. The van der Waals surface area contributed by atoms with Crippen LogP contribution in [0.5, 0.6) is 5.75 Å². The first-order valence-corrected chi connectivity index (χ1v) is 12.1. The van der Waals surface area contributed by atoms with Gasteiger partial charge in [-0.3, -0.25) is 9.69 Å². The van der Waals surface area contributed by atoms with Crippen molar-refractivity contribution in [1.82, 2.24) is 0 Å². The lowest BCUT2D eigenvalue weighted by molar-refractivity contribution is -0.139. The molecule has 9 heteroatoms. The minimum atomic E-state index is -1.04. The number of halogens is 2. The van der Waals surface area contributed by atoms with Crippen LogP contribution in [-0.2, 0) is 9.59 Å². The molecule has 6 nitrogen and oxygen atoms in total. The van der Waals surface area contributed by atoms with E-state index in [1.165, 1.54) is 11.8 Å². The van der Waals surface area contributed by atoms with Crippen LogP contribution in [0, 0.1) is 0 Å². The minimum absolute atomic E-state index is 0.176.